The van der Waals surface area contributed by atoms with Crippen LogP contribution < -0.4 is 4.74 Å². The highest BCUT2D eigenvalue weighted by molar-refractivity contribution is 6.08. The monoisotopic (exact) mass is 675 g/mol. The number of aromatic hydroxyl groups is 1. The van der Waals surface area contributed by atoms with E-state index in [1.807, 2.05) is 12.1 Å². The molecule has 0 saturated carbocycles. The second-order valence-electron chi connectivity index (χ2n) is 14.5. The summed E-state index contributed by atoms with van der Waals surface area (Å²) in [6, 6.07) is 35.8. The zero-order valence-corrected chi connectivity index (χ0v) is 30.3. The summed E-state index contributed by atoms with van der Waals surface area (Å²) < 4.78 is 6.25. The topological polar surface area (TPSA) is 68.1 Å². The van der Waals surface area contributed by atoms with Crippen LogP contribution in [0.15, 0.2) is 103 Å². The maximum absolute atomic E-state index is 10.8. The number of para-hydroxylation sites is 1. The summed E-state index contributed by atoms with van der Waals surface area (Å²) in [4.78, 5) is 14.7. The molecule has 260 valence electrons. The van der Waals surface area contributed by atoms with Crippen molar-refractivity contribution in [3.05, 3.63) is 114 Å². The zero-order chi connectivity index (χ0) is 35.2. The third-order valence-electron chi connectivity index (χ3n) is 10.5. The second kappa shape index (κ2) is 15.5. The third-order valence-corrected chi connectivity index (χ3v) is 10.5. The van der Waals surface area contributed by atoms with Gasteiger partial charge >= 0.3 is 6.01 Å². The predicted octanol–water partition coefficient (Wildman–Crippen LogP) is 12.3. The van der Waals surface area contributed by atoms with Gasteiger partial charge in [0.05, 0.1) is 12.2 Å². The van der Waals surface area contributed by atoms with Gasteiger partial charge in [0.1, 0.15) is 5.75 Å². The minimum Gasteiger partial charge on any atom is -0.507 e. The Bertz CT molecular complexity index is 2120. The van der Waals surface area contributed by atoms with Crippen molar-refractivity contribution >= 4 is 10.8 Å². The summed E-state index contributed by atoms with van der Waals surface area (Å²) in [5.41, 5.74) is 8.74. The van der Waals surface area contributed by atoms with Crippen molar-refractivity contribution in [1.29, 1.82) is 0 Å². The van der Waals surface area contributed by atoms with E-state index >= 15 is 0 Å². The predicted molar refractivity (Wildman–Crippen MR) is 210 cm³/mol. The van der Waals surface area contributed by atoms with Gasteiger partial charge in [-0.05, 0) is 74.8 Å². The Labute approximate surface area is 302 Å². The second-order valence-corrected chi connectivity index (χ2v) is 14.5. The molecule has 1 aliphatic rings. The van der Waals surface area contributed by atoms with E-state index < -0.39 is 0 Å². The molecule has 0 spiro atoms. The molecular formula is C46H49N3O2. The van der Waals surface area contributed by atoms with Crippen LogP contribution in [0.4, 0.5) is 0 Å². The highest BCUT2D eigenvalue weighted by Crippen LogP contribution is 2.53. The standard InChI is InChI=1S/C46H49N3O2/c1-4-5-6-7-8-9-10-11-12-20-29-51-45-48-43(37-25-18-19-26-41(37)50)47-44(49-45)38-31-40-42(35-24-17-16-23-34(35)38)36-28-27-33(30-39(36)46(40,2)3)32-21-14-13-15-22-32/h13-19,21-28,30-31,50H,4-12,20,29H2,1-3H3. The number of phenolic OH excluding ortho intramolecular Hbond substituents is 1. The van der Waals surface area contributed by atoms with Crippen molar-refractivity contribution in [3.63, 3.8) is 0 Å². The fourth-order valence-electron chi connectivity index (χ4n) is 7.66. The lowest BCUT2D eigenvalue weighted by Crippen LogP contribution is -2.15. The molecule has 0 unspecified atom stereocenters. The number of phenols is 1. The third kappa shape index (κ3) is 7.26. The van der Waals surface area contributed by atoms with Crippen LogP contribution in [0.2, 0.25) is 0 Å². The van der Waals surface area contributed by atoms with Gasteiger partial charge < -0.3 is 9.84 Å². The maximum atomic E-state index is 10.8. The first-order valence-electron chi connectivity index (χ1n) is 18.9. The number of nitrogens with zero attached hydrogens (tertiary/aromatic N) is 3. The molecule has 1 aliphatic carbocycles. The van der Waals surface area contributed by atoms with Crippen molar-refractivity contribution in [2.24, 2.45) is 0 Å². The number of fused-ring (bicyclic) bond motifs is 5. The first kappa shape index (κ1) is 34.4. The molecule has 5 heteroatoms. The molecule has 1 heterocycles. The van der Waals surface area contributed by atoms with Crippen LogP contribution in [0, 0.1) is 0 Å². The molecule has 0 aliphatic heterocycles. The minimum absolute atomic E-state index is 0.125. The molecule has 0 bridgehead atoms. The molecule has 5 nitrogen and oxygen atoms in total. The number of hydrogen-bond acceptors (Lipinski definition) is 5. The van der Waals surface area contributed by atoms with E-state index in [0.717, 1.165) is 23.8 Å². The van der Waals surface area contributed by atoms with Gasteiger partial charge in [-0.2, -0.15) is 9.97 Å². The summed E-state index contributed by atoms with van der Waals surface area (Å²) in [6.45, 7) is 7.43. The van der Waals surface area contributed by atoms with E-state index in [9.17, 15) is 5.11 Å². The van der Waals surface area contributed by atoms with E-state index in [-0.39, 0.29) is 17.2 Å². The van der Waals surface area contributed by atoms with Crippen LogP contribution >= 0.6 is 0 Å². The quantitative estimate of drug-likeness (QED) is 0.110. The van der Waals surface area contributed by atoms with Gasteiger partial charge in [-0.1, -0.05) is 157 Å². The van der Waals surface area contributed by atoms with E-state index in [1.165, 1.54) is 90.1 Å². The number of hydrogen-bond donors (Lipinski definition) is 1. The Kier molecular flexibility index (Phi) is 10.4. The van der Waals surface area contributed by atoms with Crippen LogP contribution in [0.5, 0.6) is 11.8 Å². The average molecular weight is 676 g/mol. The number of aromatic nitrogens is 3. The summed E-state index contributed by atoms with van der Waals surface area (Å²) in [6.07, 6.45) is 12.6. The van der Waals surface area contributed by atoms with Gasteiger partial charge in [0.2, 0.25) is 0 Å². The first-order valence-corrected chi connectivity index (χ1v) is 18.9. The van der Waals surface area contributed by atoms with Crippen molar-refractivity contribution < 1.29 is 9.84 Å². The smallest absolute Gasteiger partial charge is 0.320 e. The molecule has 0 radical (unpaired) electrons. The normalized spacial score (nSPS) is 12.9. The SMILES string of the molecule is CCCCCCCCCCCCOc1nc(-c2ccccc2O)nc(-c2cc3c(c4ccccc24)-c2ccc(-c4ccccc4)cc2C3(C)C)n1. The summed E-state index contributed by atoms with van der Waals surface area (Å²) in [7, 11) is 0. The molecule has 0 atom stereocenters. The van der Waals surface area contributed by atoms with E-state index in [1.54, 1.807) is 12.1 Å². The van der Waals surface area contributed by atoms with Crippen LogP contribution in [-0.2, 0) is 5.41 Å². The molecule has 0 saturated heterocycles. The Morgan fingerprint density at radius 2 is 1.18 bits per heavy atom. The van der Waals surface area contributed by atoms with Crippen LogP contribution in [0.25, 0.3) is 55.8 Å². The van der Waals surface area contributed by atoms with E-state index in [0.29, 0.717) is 23.8 Å². The lowest BCUT2D eigenvalue weighted by atomic mass is 9.80. The van der Waals surface area contributed by atoms with Gasteiger partial charge in [0.25, 0.3) is 0 Å². The molecule has 51 heavy (non-hydrogen) atoms. The molecule has 5 aromatic carbocycles. The van der Waals surface area contributed by atoms with Crippen molar-refractivity contribution in [3.8, 4) is 56.8 Å². The summed E-state index contributed by atoms with van der Waals surface area (Å²) >= 11 is 0. The van der Waals surface area contributed by atoms with Gasteiger partial charge in [-0.25, -0.2) is 4.98 Å². The molecule has 1 N–H and O–H groups in total. The molecule has 6 aromatic rings. The first-order chi connectivity index (χ1) is 25.0. The van der Waals surface area contributed by atoms with Crippen LogP contribution in [-0.4, -0.2) is 26.7 Å². The average Bonchev–Trinajstić information content (AvgIpc) is 3.39. The lowest BCUT2D eigenvalue weighted by Gasteiger charge is -2.23. The molecule has 7 rings (SSSR count). The largest absolute Gasteiger partial charge is 0.507 e. The highest BCUT2D eigenvalue weighted by Gasteiger charge is 2.38. The van der Waals surface area contributed by atoms with E-state index in [2.05, 4.69) is 99.6 Å². The fourth-order valence-corrected chi connectivity index (χ4v) is 7.66. The molecule has 1 aromatic heterocycles. The van der Waals surface area contributed by atoms with Crippen molar-refractivity contribution in [2.45, 2.75) is 90.4 Å². The minimum atomic E-state index is -0.253. The lowest BCUT2D eigenvalue weighted by molar-refractivity contribution is 0.281. The number of rotatable bonds is 15. The fraction of sp³-hybridized carbons (Fsp3) is 0.326. The molecular weight excluding hydrogens is 627 g/mol. The molecule has 0 fully saturated rings. The van der Waals surface area contributed by atoms with E-state index in [4.69, 9.17) is 19.7 Å². The highest BCUT2D eigenvalue weighted by atomic mass is 16.5. The molecule has 0 amide bonds. The Morgan fingerprint density at radius 3 is 1.90 bits per heavy atom. The number of unbranched alkanes of at least 4 members (excludes halogenated alkanes) is 9. The summed E-state index contributed by atoms with van der Waals surface area (Å²) in [5, 5.41) is 13.1. The maximum Gasteiger partial charge on any atom is 0.320 e. The Hall–Kier alpha value is -5.03. The Balaban J connectivity index is 1.21. The summed E-state index contributed by atoms with van der Waals surface area (Å²) in [5.74, 6) is 1.06. The Morgan fingerprint density at radius 1 is 0.549 bits per heavy atom. The van der Waals surface area contributed by atoms with Gasteiger partial charge in [-0.3, -0.25) is 0 Å². The van der Waals surface area contributed by atoms with Crippen molar-refractivity contribution in [2.75, 3.05) is 6.61 Å². The number of benzene rings is 5. The van der Waals surface area contributed by atoms with Crippen molar-refractivity contribution in [1.82, 2.24) is 15.0 Å². The van der Waals surface area contributed by atoms with Crippen LogP contribution in [0.3, 0.4) is 0 Å². The van der Waals surface area contributed by atoms with Gasteiger partial charge in [-0.15, -0.1) is 0 Å². The van der Waals surface area contributed by atoms with Gasteiger partial charge in [0, 0.05) is 11.0 Å². The van der Waals surface area contributed by atoms with Crippen LogP contribution in [0.1, 0.15) is 96.1 Å². The zero-order valence-electron chi connectivity index (χ0n) is 30.3. The number of ether oxygens (including phenoxy) is 1. The van der Waals surface area contributed by atoms with Gasteiger partial charge in [0.15, 0.2) is 11.6 Å².